The molecule has 2 heterocycles. The van der Waals surface area contributed by atoms with Gasteiger partial charge in [-0.3, -0.25) is 19.2 Å². The number of nitrogens with zero attached hydrogens (tertiary/aromatic N) is 3. The molecular formula is C33H45F2N5O6. The van der Waals surface area contributed by atoms with E-state index >= 15 is 0 Å². The Morgan fingerprint density at radius 3 is 2.22 bits per heavy atom. The van der Waals surface area contributed by atoms with Crippen LogP contribution >= 0.6 is 0 Å². The molecule has 0 radical (unpaired) electrons. The molecule has 2 atom stereocenters. The number of anilines is 1. The Bertz CT molecular complexity index is 1320. The Morgan fingerprint density at radius 2 is 1.70 bits per heavy atom. The zero-order valence-electron chi connectivity index (χ0n) is 27.7. The van der Waals surface area contributed by atoms with Gasteiger partial charge in [0.05, 0.1) is 12.6 Å². The summed E-state index contributed by atoms with van der Waals surface area (Å²) >= 11 is 0. The summed E-state index contributed by atoms with van der Waals surface area (Å²) in [5.74, 6) is -0.343. The fourth-order valence-corrected chi connectivity index (χ4v) is 3.82. The number of likely N-dealkylation sites (N-methyl/N-ethyl adjacent to an activating group) is 1. The number of amides is 4. The van der Waals surface area contributed by atoms with Crippen molar-refractivity contribution >= 4 is 30.3 Å². The number of hydrogen-bond acceptors (Lipinski definition) is 7. The monoisotopic (exact) mass is 645 g/mol. The predicted octanol–water partition coefficient (Wildman–Crippen LogP) is 5.29. The summed E-state index contributed by atoms with van der Waals surface area (Å²) in [6.07, 6.45) is -1.66. The highest BCUT2D eigenvalue weighted by atomic mass is 19.3. The van der Waals surface area contributed by atoms with Gasteiger partial charge in [-0.1, -0.05) is 52.8 Å². The van der Waals surface area contributed by atoms with E-state index in [0.717, 1.165) is 12.1 Å². The Hall–Kier alpha value is -4.73. The van der Waals surface area contributed by atoms with Crippen molar-refractivity contribution in [2.45, 2.75) is 73.3 Å². The molecule has 0 spiro atoms. The lowest BCUT2D eigenvalue weighted by atomic mass is 10.0. The number of carbonyl (C=O) groups excluding carboxylic acids is 4. The Labute approximate surface area is 269 Å². The second-order valence-corrected chi connectivity index (χ2v) is 12.6. The van der Waals surface area contributed by atoms with Gasteiger partial charge in [-0.25, -0.2) is 0 Å². The maximum atomic E-state index is 12.7. The molecule has 46 heavy (non-hydrogen) atoms. The zero-order valence-corrected chi connectivity index (χ0v) is 27.7. The Balaban J connectivity index is 0.000000332. The fraction of sp³-hybridized carbons (Fsp3) is 0.485. The summed E-state index contributed by atoms with van der Waals surface area (Å²) in [6.45, 7) is 15.0. The highest BCUT2D eigenvalue weighted by Gasteiger charge is 2.43. The van der Waals surface area contributed by atoms with Crippen molar-refractivity contribution in [3.05, 3.63) is 54.1 Å². The van der Waals surface area contributed by atoms with Crippen LogP contribution in [0.2, 0.25) is 0 Å². The van der Waals surface area contributed by atoms with Crippen molar-refractivity contribution in [1.29, 1.82) is 5.26 Å². The molecule has 2 aromatic rings. The van der Waals surface area contributed by atoms with Crippen LogP contribution in [0, 0.1) is 22.7 Å². The molecule has 2 N–H and O–H groups in total. The first-order valence-electron chi connectivity index (χ1n) is 14.7. The van der Waals surface area contributed by atoms with Gasteiger partial charge in [-0.2, -0.15) is 5.26 Å². The number of para-hydroxylation sites is 1. The molecule has 11 nitrogen and oxygen atoms in total. The molecule has 13 heteroatoms. The van der Waals surface area contributed by atoms with Gasteiger partial charge in [-0.05, 0) is 61.9 Å². The van der Waals surface area contributed by atoms with Crippen molar-refractivity contribution < 1.29 is 37.4 Å². The SMILES string of the molecule is CC(C)(C)C.CC(C)NC(=O)c1ccc2c(c1)OC(F)(F)O2.CC1CC(C#N)N(C(=O)CN(C)C=O)C1.O=CNc1ccccc1. The third-order valence-electron chi connectivity index (χ3n) is 5.63. The number of nitrogens with one attached hydrogen (secondary N) is 2. The van der Waals surface area contributed by atoms with Crippen LogP contribution < -0.4 is 20.1 Å². The molecular weight excluding hydrogens is 600 g/mol. The average molecular weight is 646 g/mol. The first-order chi connectivity index (χ1) is 21.4. The number of hydrogen-bond donors (Lipinski definition) is 2. The minimum Gasteiger partial charge on any atom is -0.395 e. The summed E-state index contributed by atoms with van der Waals surface area (Å²) in [4.78, 5) is 46.4. The van der Waals surface area contributed by atoms with E-state index in [9.17, 15) is 28.0 Å². The first kappa shape index (κ1) is 39.3. The van der Waals surface area contributed by atoms with E-state index in [4.69, 9.17) is 5.26 Å². The molecule has 4 rings (SSSR count). The van der Waals surface area contributed by atoms with Gasteiger partial charge in [0.25, 0.3) is 5.91 Å². The molecule has 4 amide bonds. The quantitative estimate of drug-likeness (QED) is 0.390. The topological polar surface area (TPSA) is 141 Å². The van der Waals surface area contributed by atoms with Gasteiger partial charge >= 0.3 is 6.29 Å². The smallest absolute Gasteiger partial charge is 0.395 e. The maximum Gasteiger partial charge on any atom is 0.586 e. The fourth-order valence-electron chi connectivity index (χ4n) is 3.82. The highest BCUT2D eigenvalue weighted by Crippen LogP contribution is 2.41. The van der Waals surface area contributed by atoms with Gasteiger partial charge in [-0.15, -0.1) is 8.78 Å². The highest BCUT2D eigenvalue weighted by molar-refractivity contribution is 5.95. The molecule has 0 bridgehead atoms. The summed E-state index contributed by atoms with van der Waals surface area (Å²) in [6, 6.07) is 15.0. The standard InChI is InChI=1S/C11H11F2NO3.C10H15N3O2.C7H7NO.C5H12/c1-6(2)14-10(15)7-3-4-8-9(5-7)17-11(12,13)16-8;1-8-3-9(4-11)13(5-8)10(15)6-12(2)7-14;9-6-8-7-4-2-1-3-5-7;1-5(2,3)4/h3-6H,1-2H3,(H,14,15);7-9H,3,5-6H2,1-2H3;1-6H,(H,8,9);1-4H3. The minimum atomic E-state index is -3.66. The van der Waals surface area contributed by atoms with Gasteiger partial charge < -0.3 is 29.9 Å². The van der Waals surface area contributed by atoms with Crippen LogP contribution in [0.5, 0.6) is 11.5 Å². The predicted molar refractivity (Wildman–Crippen MR) is 170 cm³/mol. The Morgan fingerprint density at radius 1 is 1.11 bits per heavy atom. The van der Waals surface area contributed by atoms with Crippen LogP contribution in [0.4, 0.5) is 14.5 Å². The normalized spacial score (nSPS) is 17.0. The van der Waals surface area contributed by atoms with Gasteiger partial charge in [0.15, 0.2) is 11.5 Å². The maximum absolute atomic E-state index is 12.7. The lowest BCUT2D eigenvalue weighted by molar-refractivity contribution is -0.286. The van der Waals surface area contributed by atoms with E-state index < -0.39 is 6.29 Å². The number of rotatable bonds is 7. The van der Waals surface area contributed by atoms with Crippen LogP contribution in [0.1, 0.15) is 65.2 Å². The second-order valence-electron chi connectivity index (χ2n) is 12.6. The van der Waals surface area contributed by atoms with E-state index in [-0.39, 0.29) is 47.5 Å². The van der Waals surface area contributed by atoms with Crippen LogP contribution in [0.3, 0.4) is 0 Å². The van der Waals surface area contributed by atoms with Gasteiger partial charge in [0.2, 0.25) is 18.7 Å². The van der Waals surface area contributed by atoms with E-state index in [1.807, 2.05) is 37.3 Å². The van der Waals surface area contributed by atoms with Crippen LogP contribution in [0.25, 0.3) is 0 Å². The molecule has 0 aliphatic carbocycles. The lowest BCUT2D eigenvalue weighted by Crippen LogP contribution is -2.41. The van der Waals surface area contributed by atoms with E-state index in [1.54, 1.807) is 25.8 Å². The molecule has 2 aliphatic heterocycles. The van der Waals surface area contributed by atoms with Crippen LogP contribution in [0.15, 0.2) is 48.5 Å². The largest absolute Gasteiger partial charge is 0.586 e. The molecule has 2 unspecified atom stereocenters. The number of fused-ring (bicyclic) bond motifs is 1. The molecule has 1 fully saturated rings. The van der Waals surface area contributed by atoms with E-state index in [2.05, 4.69) is 53.9 Å². The molecule has 1 saturated heterocycles. The molecule has 2 aliphatic rings. The molecule has 2 aromatic carbocycles. The van der Waals surface area contributed by atoms with E-state index in [1.165, 1.54) is 23.1 Å². The van der Waals surface area contributed by atoms with Crippen molar-refractivity contribution in [2.24, 2.45) is 11.3 Å². The van der Waals surface area contributed by atoms with E-state index in [0.29, 0.717) is 30.7 Å². The number of halogens is 2. The number of benzene rings is 2. The minimum absolute atomic E-state index is 0.0330. The molecule has 0 aromatic heterocycles. The van der Waals surface area contributed by atoms with Crippen molar-refractivity contribution in [1.82, 2.24) is 15.1 Å². The summed E-state index contributed by atoms with van der Waals surface area (Å²) in [7, 11) is 1.55. The zero-order chi connectivity index (χ0) is 35.1. The third-order valence-corrected chi connectivity index (χ3v) is 5.63. The van der Waals surface area contributed by atoms with Crippen molar-refractivity contribution in [3.8, 4) is 17.6 Å². The summed E-state index contributed by atoms with van der Waals surface area (Å²) in [5.41, 5.74) is 1.58. The number of carbonyl (C=O) groups is 4. The number of nitriles is 1. The Kier molecular flexibility index (Phi) is 15.6. The average Bonchev–Trinajstić information content (AvgIpc) is 3.50. The van der Waals surface area contributed by atoms with Crippen molar-refractivity contribution in [3.63, 3.8) is 0 Å². The summed E-state index contributed by atoms with van der Waals surface area (Å²) in [5, 5.41) is 14.0. The number of ether oxygens (including phenoxy) is 2. The van der Waals surface area contributed by atoms with Crippen LogP contribution in [-0.4, -0.2) is 72.9 Å². The van der Waals surface area contributed by atoms with Crippen LogP contribution in [-0.2, 0) is 14.4 Å². The molecule has 252 valence electrons. The number of likely N-dealkylation sites (tertiary alicyclic amines) is 1. The van der Waals surface area contributed by atoms with Gasteiger partial charge in [0.1, 0.15) is 6.04 Å². The number of alkyl halides is 2. The van der Waals surface area contributed by atoms with Crippen molar-refractivity contribution in [2.75, 3.05) is 25.5 Å². The first-order valence-corrected chi connectivity index (χ1v) is 14.7. The van der Waals surface area contributed by atoms with Gasteiger partial charge in [0, 0.05) is 30.9 Å². The molecule has 0 saturated carbocycles. The third kappa shape index (κ3) is 15.3. The second kappa shape index (κ2) is 18.3. The summed E-state index contributed by atoms with van der Waals surface area (Å²) < 4.78 is 33.9. The lowest BCUT2D eigenvalue weighted by Gasteiger charge is -2.21.